The van der Waals surface area contributed by atoms with Crippen molar-refractivity contribution in [2.45, 2.75) is 97.6 Å². The molecular weight excluding hydrogens is 460 g/mol. The average molecular weight is 500 g/mol. The van der Waals surface area contributed by atoms with Crippen LogP contribution >= 0.6 is 0 Å². The second-order valence-corrected chi connectivity index (χ2v) is 17.5. The lowest BCUT2D eigenvalue weighted by Crippen LogP contribution is -2.42. The molecule has 0 saturated heterocycles. The van der Waals surface area contributed by atoms with Crippen LogP contribution < -0.4 is 5.19 Å². The first kappa shape index (κ1) is 26.2. The molecule has 35 heavy (non-hydrogen) atoms. The summed E-state index contributed by atoms with van der Waals surface area (Å²) in [6.07, 6.45) is 4.37. The lowest BCUT2D eigenvalue weighted by molar-refractivity contribution is 0.0972. The first-order chi connectivity index (χ1) is 16.2. The summed E-state index contributed by atoms with van der Waals surface area (Å²) in [6.45, 7) is 14.0. The van der Waals surface area contributed by atoms with Gasteiger partial charge in [-0.3, -0.25) is 4.98 Å². The topological polar surface area (TPSA) is 53.4 Å². The van der Waals surface area contributed by atoms with Crippen LogP contribution in [-0.2, 0) is 6.42 Å². The number of hydrogen-bond donors (Lipinski definition) is 2. The zero-order valence-electron chi connectivity index (χ0n) is 22.1. The molecule has 2 N–H and O–H groups in total. The quantitative estimate of drug-likeness (QED) is 0.451. The summed E-state index contributed by atoms with van der Waals surface area (Å²) >= 11 is 0. The molecule has 2 atom stereocenters. The van der Waals surface area contributed by atoms with Gasteiger partial charge in [0.1, 0.15) is 6.10 Å². The number of rotatable bonds is 5. The highest BCUT2D eigenvalue weighted by Gasteiger charge is 2.38. The third-order valence-electron chi connectivity index (χ3n) is 7.42. The van der Waals surface area contributed by atoms with Gasteiger partial charge in [-0.25, -0.2) is 8.78 Å². The van der Waals surface area contributed by atoms with E-state index in [2.05, 4.69) is 19.9 Å². The Morgan fingerprint density at radius 3 is 2.26 bits per heavy atom. The van der Waals surface area contributed by atoms with E-state index < -0.39 is 31.9 Å². The van der Waals surface area contributed by atoms with Crippen LogP contribution in [-0.4, -0.2) is 23.3 Å². The Bertz CT molecular complexity index is 1160. The first-order valence-electron chi connectivity index (χ1n) is 12.8. The molecule has 2 aliphatic rings. The highest BCUT2D eigenvalue weighted by atomic mass is 28.3. The second kappa shape index (κ2) is 9.20. The molecule has 2 unspecified atom stereocenters. The van der Waals surface area contributed by atoms with Crippen molar-refractivity contribution in [1.82, 2.24) is 4.98 Å². The molecule has 4 rings (SSSR count). The number of allylic oxidation sites excluding steroid dienone is 2. The summed E-state index contributed by atoms with van der Waals surface area (Å²) in [5.74, 6) is -1.21. The molecular formula is C29H39F2NO2Si-. The third-order valence-corrected chi connectivity index (χ3v) is 9.40. The predicted molar refractivity (Wildman–Crippen MR) is 141 cm³/mol. The van der Waals surface area contributed by atoms with Gasteiger partial charge in [-0.15, -0.1) is 13.3 Å². The standard InChI is InChI=1S/C29H39F2NO2Si/c1-16(2)26-25(27(34)18-12-19(30)28(20(31)13-18)35(5,6)7)23(17-10-8-9-11-17)24-21(32-26)14-29(3,4)15-22(24)33/h10,12-13,16,22,27,33-34H,8-9,11,14-15H2,1-7H3/q-1. The van der Waals surface area contributed by atoms with Gasteiger partial charge in [-0.2, -0.15) is 19.6 Å². The molecule has 2 aliphatic carbocycles. The van der Waals surface area contributed by atoms with Gasteiger partial charge in [-0.1, -0.05) is 33.8 Å². The number of benzene rings is 1. The van der Waals surface area contributed by atoms with Crippen LogP contribution in [0.3, 0.4) is 0 Å². The number of fused-ring (bicyclic) bond motifs is 1. The second-order valence-electron chi connectivity index (χ2n) is 12.5. The van der Waals surface area contributed by atoms with E-state index in [1.54, 1.807) is 0 Å². The van der Waals surface area contributed by atoms with E-state index in [1.165, 1.54) is 12.1 Å². The molecule has 0 amide bonds. The minimum atomic E-state index is -2.25. The number of hydrogen-bond acceptors (Lipinski definition) is 3. The number of aliphatic hydroxyl groups excluding tert-OH is 2. The lowest BCUT2D eigenvalue weighted by Gasteiger charge is -2.38. The van der Waals surface area contributed by atoms with Crippen LogP contribution in [0, 0.1) is 17.0 Å². The Hall–Kier alpha value is -1.89. The van der Waals surface area contributed by atoms with E-state index >= 15 is 8.78 Å². The van der Waals surface area contributed by atoms with Gasteiger partial charge in [0.05, 0.1) is 17.7 Å². The molecule has 1 aromatic heterocycles. The minimum Gasteiger partial charge on any atom is -0.388 e. The number of aliphatic hydroxyl groups is 2. The van der Waals surface area contributed by atoms with Crippen molar-refractivity contribution in [3.63, 3.8) is 0 Å². The molecule has 0 fully saturated rings. The van der Waals surface area contributed by atoms with Crippen LogP contribution in [0.2, 0.25) is 19.6 Å². The summed E-state index contributed by atoms with van der Waals surface area (Å²) in [6, 6.07) is 2.58. The zero-order chi connectivity index (χ0) is 25.9. The SMILES string of the molecule is CC(C)c1nc2c(c(C3=CCCC3)c1C(O)c1cc(F)c([Si-](C)(C)C)c(F)c1)C(O)CC(C)(C)C2. The highest BCUT2D eigenvalue weighted by molar-refractivity contribution is 6.88. The van der Waals surface area contributed by atoms with Crippen molar-refractivity contribution < 1.29 is 19.0 Å². The van der Waals surface area contributed by atoms with Gasteiger partial charge in [-0.05, 0) is 72.3 Å². The average Bonchev–Trinajstić information content (AvgIpc) is 3.23. The van der Waals surface area contributed by atoms with Gasteiger partial charge in [0.15, 0.2) is 0 Å². The predicted octanol–water partition coefficient (Wildman–Crippen LogP) is 6.68. The summed E-state index contributed by atoms with van der Waals surface area (Å²) in [7, 11) is -2.25. The van der Waals surface area contributed by atoms with Crippen LogP contribution in [0.25, 0.3) is 5.57 Å². The normalized spacial score (nSPS) is 20.7. The van der Waals surface area contributed by atoms with Crippen molar-refractivity contribution in [3.05, 3.63) is 63.5 Å². The van der Waals surface area contributed by atoms with Crippen molar-refractivity contribution >= 4 is 18.8 Å². The number of halogens is 2. The molecule has 191 valence electrons. The fourth-order valence-corrected chi connectivity index (χ4v) is 7.50. The van der Waals surface area contributed by atoms with Crippen molar-refractivity contribution in [3.8, 4) is 0 Å². The molecule has 3 nitrogen and oxygen atoms in total. The zero-order valence-corrected chi connectivity index (χ0v) is 23.1. The molecule has 0 bridgehead atoms. The van der Waals surface area contributed by atoms with Crippen molar-refractivity contribution in [2.24, 2.45) is 5.41 Å². The van der Waals surface area contributed by atoms with Crippen molar-refractivity contribution in [1.29, 1.82) is 0 Å². The monoisotopic (exact) mass is 499 g/mol. The smallest absolute Gasteiger partial charge is 0.107 e. The molecule has 1 aromatic carbocycles. The van der Waals surface area contributed by atoms with Gasteiger partial charge in [0, 0.05) is 22.5 Å². The molecule has 0 saturated carbocycles. The molecule has 0 radical (unpaired) electrons. The Labute approximate surface area is 209 Å². The Morgan fingerprint density at radius 1 is 1.11 bits per heavy atom. The molecule has 2 aromatic rings. The molecule has 0 aliphatic heterocycles. The van der Waals surface area contributed by atoms with Crippen LogP contribution in [0.5, 0.6) is 0 Å². The van der Waals surface area contributed by atoms with E-state index in [4.69, 9.17) is 4.98 Å². The van der Waals surface area contributed by atoms with E-state index in [0.29, 0.717) is 12.0 Å². The van der Waals surface area contributed by atoms with E-state index in [0.717, 1.165) is 53.8 Å². The highest BCUT2D eigenvalue weighted by Crippen LogP contribution is 2.48. The van der Waals surface area contributed by atoms with Crippen LogP contribution in [0.15, 0.2) is 18.2 Å². The van der Waals surface area contributed by atoms with Crippen LogP contribution in [0.4, 0.5) is 8.78 Å². The maximum Gasteiger partial charge on any atom is 0.107 e. The molecule has 1 heterocycles. The maximum atomic E-state index is 15.2. The summed E-state index contributed by atoms with van der Waals surface area (Å²) in [5.41, 5.74) is 5.03. The molecule has 0 spiro atoms. The van der Waals surface area contributed by atoms with E-state index in [-0.39, 0.29) is 22.1 Å². The Morgan fingerprint density at radius 2 is 1.74 bits per heavy atom. The van der Waals surface area contributed by atoms with Crippen LogP contribution in [0.1, 0.15) is 105 Å². The fourth-order valence-electron chi connectivity index (χ4n) is 5.92. The summed E-state index contributed by atoms with van der Waals surface area (Å²) < 4.78 is 30.4. The van der Waals surface area contributed by atoms with E-state index in [9.17, 15) is 10.2 Å². The lowest BCUT2D eigenvalue weighted by atomic mass is 9.71. The largest absolute Gasteiger partial charge is 0.388 e. The summed E-state index contributed by atoms with van der Waals surface area (Å²) in [4.78, 5) is 5.01. The Balaban J connectivity index is 1.99. The van der Waals surface area contributed by atoms with E-state index in [1.807, 2.05) is 33.5 Å². The number of aromatic nitrogens is 1. The fraction of sp³-hybridized carbons (Fsp3) is 0.552. The van der Waals surface area contributed by atoms with Gasteiger partial charge in [0.25, 0.3) is 0 Å². The number of nitrogens with zero attached hydrogens (tertiary/aromatic N) is 1. The third kappa shape index (κ3) is 4.89. The Kier molecular flexibility index (Phi) is 6.88. The first-order valence-corrected chi connectivity index (χ1v) is 16.3. The van der Waals surface area contributed by atoms with Crippen molar-refractivity contribution in [2.75, 3.05) is 0 Å². The molecule has 6 heteroatoms. The summed E-state index contributed by atoms with van der Waals surface area (Å²) in [5, 5.41) is 23.2. The minimum absolute atomic E-state index is 0.0103. The number of pyridine rings is 1. The van der Waals surface area contributed by atoms with Gasteiger partial charge >= 0.3 is 0 Å². The van der Waals surface area contributed by atoms with Gasteiger partial charge < -0.3 is 10.2 Å². The maximum absolute atomic E-state index is 15.2. The van der Waals surface area contributed by atoms with Gasteiger partial charge in [0.2, 0.25) is 0 Å².